The highest BCUT2D eigenvalue weighted by Gasteiger charge is 2.31. The van der Waals surface area contributed by atoms with E-state index in [4.69, 9.17) is 4.98 Å². The molecular formula is C26H29F3N4O. The van der Waals surface area contributed by atoms with Crippen LogP contribution in [0.15, 0.2) is 54.6 Å². The summed E-state index contributed by atoms with van der Waals surface area (Å²) >= 11 is 0. The molecule has 1 saturated heterocycles. The largest absolute Gasteiger partial charge is 0.416 e. The number of carbonyl (C=O) groups is 1. The lowest BCUT2D eigenvalue weighted by Gasteiger charge is -2.37. The molecule has 1 amide bonds. The Morgan fingerprint density at radius 2 is 1.65 bits per heavy atom. The van der Waals surface area contributed by atoms with Gasteiger partial charge in [0, 0.05) is 43.3 Å². The van der Waals surface area contributed by atoms with Crippen molar-refractivity contribution in [2.75, 3.05) is 36.0 Å². The Labute approximate surface area is 197 Å². The SMILES string of the molecule is CCC(CC)NC(=O)c1cc(N2CCN(c3cccc(C(F)(F)F)c3)CC2)nc2ccccc12. The maximum absolute atomic E-state index is 13.1. The van der Waals surface area contributed by atoms with Crippen LogP contribution in [0.25, 0.3) is 10.9 Å². The van der Waals surface area contributed by atoms with Crippen LogP contribution in [0.4, 0.5) is 24.7 Å². The van der Waals surface area contributed by atoms with E-state index in [-0.39, 0.29) is 11.9 Å². The number of benzene rings is 2. The lowest BCUT2D eigenvalue weighted by atomic mass is 10.1. The van der Waals surface area contributed by atoms with E-state index in [1.807, 2.05) is 35.2 Å². The molecule has 1 fully saturated rings. The second kappa shape index (κ2) is 9.91. The number of hydrogen-bond donors (Lipinski definition) is 1. The van der Waals surface area contributed by atoms with Crippen molar-refractivity contribution in [3.8, 4) is 0 Å². The number of piperazine rings is 1. The van der Waals surface area contributed by atoms with Crippen molar-refractivity contribution >= 4 is 28.3 Å². The summed E-state index contributed by atoms with van der Waals surface area (Å²) in [6.07, 6.45) is -2.65. The van der Waals surface area contributed by atoms with E-state index in [0.29, 0.717) is 43.2 Å². The molecular weight excluding hydrogens is 441 g/mol. The number of rotatable bonds is 6. The molecule has 180 valence electrons. The van der Waals surface area contributed by atoms with Gasteiger partial charge in [0.05, 0.1) is 16.6 Å². The van der Waals surface area contributed by atoms with E-state index in [0.717, 1.165) is 29.8 Å². The zero-order chi connectivity index (χ0) is 24.3. The Bertz CT molecular complexity index is 1150. The number of amides is 1. The Morgan fingerprint density at radius 1 is 0.971 bits per heavy atom. The smallest absolute Gasteiger partial charge is 0.368 e. The van der Waals surface area contributed by atoms with E-state index in [1.165, 1.54) is 12.1 Å². The van der Waals surface area contributed by atoms with Crippen LogP contribution in [0, 0.1) is 0 Å². The molecule has 0 radical (unpaired) electrons. The van der Waals surface area contributed by atoms with Crippen LogP contribution in [0.5, 0.6) is 0 Å². The number of alkyl halides is 3. The molecule has 3 aromatic rings. The van der Waals surface area contributed by atoms with Crippen molar-refractivity contribution in [3.05, 3.63) is 65.7 Å². The molecule has 2 heterocycles. The highest BCUT2D eigenvalue weighted by Crippen LogP contribution is 2.32. The summed E-state index contributed by atoms with van der Waals surface area (Å²) in [7, 11) is 0. The molecule has 1 N–H and O–H groups in total. The number of para-hydroxylation sites is 1. The fraction of sp³-hybridized carbons (Fsp3) is 0.385. The van der Waals surface area contributed by atoms with Gasteiger partial charge in [-0.3, -0.25) is 4.79 Å². The van der Waals surface area contributed by atoms with Gasteiger partial charge < -0.3 is 15.1 Å². The first-order valence-corrected chi connectivity index (χ1v) is 11.7. The number of pyridine rings is 1. The number of hydrogen-bond acceptors (Lipinski definition) is 4. The molecule has 34 heavy (non-hydrogen) atoms. The zero-order valence-corrected chi connectivity index (χ0v) is 19.4. The minimum Gasteiger partial charge on any atom is -0.368 e. The number of nitrogens with one attached hydrogen (secondary N) is 1. The molecule has 0 unspecified atom stereocenters. The first-order chi connectivity index (χ1) is 16.3. The molecule has 0 atom stereocenters. The number of halogens is 3. The third-order valence-electron chi connectivity index (χ3n) is 6.41. The molecule has 0 bridgehead atoms. The zero-order valence-electron chi connectivity index (χ0n) is 19.4. The van der Waals surface area contributed by atoms with Crippen LogP contribution in [-0.4, -0.2) is 43.1 Å². The van der Waals surface area contributed by atoms with Crippen LogP contribution in [-0.2, 0) is 6.18 Å². The van der Waals surface area contributed by atoms with Gasteiger partial charge >= 0.3 is 6.18 Å². The minimum atomic E-state index is -4.36. The first-order valence-electron chi connectivity index (χ1n) is 11.7. The van der Waals surface area contributed by atoms with Gasteiger partial charge in [0.15, 0.2) is 0 Å². The molecule has 1 aliphatic heterocycles. The second-order valence-corrected chi connectivity index (χ2v) is 8.55. The summed E-state index contributed by atoms with van der Waals surface area (Å²) in [5, 5.41) is 3.92. The van der Waals surface area contributed by atoms with Gasteiger partial charge in [-0.1, -0.05) is 38.1 Å². The number of nitrogens with zero attached hydrogens (tertiary/aromatic N) is 3. The Balaban J connectivity index is 1.55. The number of fused-ring (bicyclic) bond motifs is 1. The van der Waals surface area contributed by atoms with Gasteiger partial charge in [-0.25, -0.2) is 4.98 Å². The maximum atomic E-state index is 13.1. The third kappa shape index (κ3) is 5.11. The van der Waals surface area contributed by atoms with E-state index < -0.39 is 11.7 Å². The predicted octanol–water partition coefficient (Wildman–Crippen LogP) is 5.50. The topological polar surface area (TPSA) is 48.5 Å². The maximum Gasteiger partial charge on any atom is 0.416 e. The summed E-state index contributed by atoms with van der Waals surface area (Å²) in [4.78, 5) is 21.9. The fourth-order valence-corrected chi connectivity index (χ4v) is 4.34. The van der Waals surface area contributed by atoms with Crippen LogP contribution in [0.2, 0.25) is 0 Å². The Morgan fingerprint density at radius 3 is 2.32 bits per heavy atom. The summed E-state index contributed by atoms with van der Waals surface area (Å²) < 4.78 is 39.3. The number of carbonyl (C=O) groups excluding carboxylic acids is 1. The standard InChI is InChI=1S/C26H29F3N4O/c1-3-19(4-2)30-25(34)22-17-24(31-23-11-6-5-10-21(22)23)33-14-12-32(13-15-33)20-9-7-8-18(16-20)26(27,28)29/h5-11,16-17,19H,3-4,12-15H2,1-2H3,(H,30,34). The van der Waals surface area contributed by atoms with E-state index in [2.05, 4.69) is 24.1 Å². The van der Waals surface area contributed by atoms with Crippen molar-refractivity contribution in [1.82, 2.24) is 10.3 Å². The minimum absolute atomic E-state index is 0.110. The van der Waals surface area contributed by atoms with Crippen LogP contribution >= 0.6 is 0 Å². The van der Waals surface area contributed by atoms with Crippen molar-refractivity contribution < 1.29 is 18.0 Å². The number of aromatic nitrogens is 1. The van der Waals surface area contributed by atoms with Gasteiger partial charge in [0.1, 0.15) is 5.82 Å². The molecule has 8 heteroatoms. The first kappa shape index (κ1) is 23.9. The highest BCUT2D eigenvalue weighted by molar-refractivity contribution is 6.07. The van der Waals surface area contributed by atoms with Crippen molar-refractivity contribution in [2.45, 2.75) is 38.9 Å². The van der Waals surface area contributed by atoms with E-state index >= 15 is 0 Å². The predicted molar refractivity (Wildman–Crippen MR) is 129 cm³/mol. The Kier molecular flexibility index (Phi) is 6.95. The molecule has 0 saturated carbocycles. The number of anilines is 2. The average molecular weight is 471 g/mol. The molecule has 1 aromatic heterocycles. The van der Waals surface area contributed by atoms with Gasteiger partial charge in [-0.15, -0.1) is 0 Å². The van der Waals surface area contributed by atoms with E-state index in [1.54, 1.807) is 6.07 Å². The molecule has 4 rings (SSSR count). The molecule has 0 spiro atoms. The highest BCUT2D eigenvalue weighted by atomic mass is 19.4. The molecule has 0 aliphatic carbocycles. The average Bonchev–Trinajstić information content (AvgIpc) is 2.86. The van der Waals surface area contributed by atoms with Gasteiger partial charge in [-0.05, 0) is 43.2 Å². The molecule has 1 aliphatic rings. The second-order valence-electron chi connectivity index (χ2n) is 8.55. The third-order valence-corrected chi connectivity index (χ3v) is 6.41. The van der Waals surface area contributed by atoms with Gasteiger partial charge in [0.2, 0.25) is 0 Å². The van der Waals surface area contributed by atoms with Gasteiger partial charge in [-0.2, -0.15) is 13.2 Å². The molecule has 5 nitrogen and oxygen atoms in total. The summed E-state index contributed by atoms with van der Waals surface area (Å²) in [5.74, 6) is 0.591. The quantitative estimate of drug-likeness (QED) is 0.517. The van der Waals surface area contributed by atoms with Crippen LogP contribution in [0.1, 0.15) is 42.6 Å². The van der Waals surface area contributed by atoms with Crippen LogP contribution < -0.4 is 15.1 Å². The van der Waals surface area contributed by atoms with E-state index in [9.17, 15) is 18.0 Å². The molecule has 2 aromatic carbocycles. The normalized spacial score (nSPS) is 14.6. The van der Waals surface area contributed by atoms with Crippen LogP contribution in [0.3, 0.4) is 0 Å². The lowest BCUT2D eigenvalue weighted by Crippen LogP contribution is -2.47. The fourth-order valence-electron chi connectivity index (χ4n) is 4.34. The van der Waals surface area contributed by atoms with Crippen molar-refractivity contribution in [3.63, 3.8) is 0 Å². The van der Waals surface area contributed by atoms with Crippen molar-refractivity contribution in [1.29, 1.82) is 0 Å². The summed E-state index contributed by atoms with van der Waals surface area (Å²) in [6, 6.07) is 15.0. The lowest BCUT2D eigenvalue weighted by molar-refractivity contribution is -0.137. The van der Waals surface area contributed by atoms with Crippen molar-refractivity contribution in [2.24, 2.45) is 0 Å². The monoisotopic (exact) mass is 470 g/mol. The summed E-state index contributed by atoms with van der Waals surface area (Å²) in [5.41, 5.74) is 1.26. The van der Waals surface area contributed by atoms with Gasteiger partial charge in [0.25, 0.3) is 5.91 Å². The summed E-state index contributed by atoms with van der Waals surface area (Å²) in [6.45, 7) is 6.41. The Hall–Kier alpha value is -3.29.